The molecule has 0 fully saturated rings. The van der Waals surface area contributed by atoms with E-state index in [0.29, 0.717) is 12.0 Å². The molecule has 0 aliphatic heterocycles. The Bertz CT molecular complexity index is 622. The molecule has 114 valence electrons. The molecule has 1 heterocycles. The van der Waals surface area contributed by atoms with E-state index in [1.165, 1.54) is 23.5 Å². The van der Waals surface area contributed by atoms with Gasteiger partial charge in [-0.05, 0) is 24.6 Å². The highest BCUT2D eigenvalue weighted by atomic mass is 32.1. The normalized spacial score (nSPS) is 15.0. The van der Waals surface area contributed by atoms with Crippen molar-refractivity contribution >= 4 is 11.3 Å². The van der Waals surface area contributed by atoms with Gasteiger partial charge in [-0.3, -0.25) is 0 Å². The van der Waals surface area contributed by atoms with E-state index in [9.17, 15) is 8.78 Å². The Kier molecular flexibility index (Phi) is 4.17. The lowest BCUT2D eigenvalue weighted by atomic mass is 9.89. The van der Waals surface area contributed by atoms with Crippen LogP contribution in [0.25, 0.3) is 0 Å². The monoisotopic (exact) mass is 310 g/mol. The van der Waals surface area contributed by atoms with Gasteiger partial charge in [0.05, 0.1) is 10.7 Å². The van der Waals surface area contributed by atoms with Gasteiger partial charge in [0, 0.05) is 28.8 Å². The smallest absolute Gasteiger partial charge is 0.126 e. The molecule has 0 saturated heterocycles. The molecule has 1 atom stereocenters. The zero-order valence-corrected chi connectivity index (χ0v) is 13.5. The molecule has 0 amide bonds. The summed E-state index contributed by atoms with van der Waals surface area (Å²) < 4.78 is 26.7. The SMILES string of the molecule is CC(C)(C)c1csc(CC(C)(N)c2cc(F)cc(F)c2)n1. The minimum absolute atomic E-state index is 0.0231. The van der Waals surface area contributed by atoms with Gasteiger partial charge in [0.25, 0.3) is 0 Å². The predicted molar refractivity (Wildman–Crippen MR) is 82.4 cm³/mol. The molecule has 1 unspecified atom stereocenters. The maximum absolute atomic E-state index is 13.3. The van der Waals surface area contributed by atoms with Crippen LogP contribution in [0.2, 0.25) is 0 Å². The highest BCUT2D eigenvalue weighted by Crippen LogP contribution is 2.29. The van der Waals surface area contributed by atoms with Crippen molar-refractivity contribution < 1.29 is 8.78 Å². The van der Waals surface area contributed by atoms with Crippen LogP contribution in [-0.2, 0) is 17.4 Å². The van der Waals surface area contributed by atoms with Crippen molar-refractivity contribution in [1.82, 2.24) is 4.98 Å². The second-order valence-corrected chi connectivity index (χ2v) is 7.57. The summed E-state index contributed by atoms with van der Waals surface area (Å²) in [4.78, 5) is 4.59. The van der Waals surface area contributed by atoms with Crippen LogP contribution < -0.4 is 5.73 Å². The molecule has 0 spiro atoms. The van der Waals surface area contributed by atoms with Gasteiger partial charge in [-0.1, -0.05) is 20.8 Å². The van der Waals surface area contributed by atoms with Gasteiger partial charge in [-0.2, -0.15) is 0 Å². The number of benzene rings is 1. The molecule has 21 heavy (non-hydrogen) atoms. The zero-order valence-electron chi connectivity index (χ0n) is 12.7. The van der Waals surface area contributed by atoms with E-state index in [4.69, 9.17) is 5.73 Å². The molecule has 5 heteroatoms. The second kappa shape index (κ2) is 5.46. The summed E-state index contributed by atoms with van der Waals surface area (Å²) in [5, 5.41) is 2.88. The molecule has 0 saturated carbocycles. The van der Waals surface area contributed by atoms with Crippen molar-refractivity contribution in [2.75, 3.05) is 0 Å². The lowest BCUT2D eigenvalue weighted by Gasteiger charge is -2.24. The van der Waals surface area contributed by atoms with E-state index in [-0.39, 0.29) is 5.41 Å². The fourth-order valence-electron chi connectivity index (χ4n) is 2.04. The number of nitrogens with two attached hydrogens (primary N) is 1. The van der Waals surface area contributed by atoms with Crippen molar-refractivity contribution in [3.8, 4) is 0 Å². The van der Waals surface area contributed by atoms with Crippen LogP contribution in [-0.4, -0.2) is 4.98 Å². The first-order chi connectivity index (χ1) is 9.58. The van der Waals surface area contributed by atoms with Crippen molar-refractivity contribution in [1.29, 1.82) is 0 Å². The molecule has 2 aromatic rings. The van der Waals surface area contributed by atoms with Gasteiger partial charge in [0.1, 0.15) is 11.6 Å². The van der Waals surface area contributed by atoms with Crippen LogP contribution in [0.1, 0.15) is 44.0 Å². The second-order valence-electron chi connectivity index (χ2n) is 6.63. The van der Waals surface area contributed by atoms with Crippen LogP contribution in [0.3, 0.4) is 0 Å². The van der Waals surface area contributed by atoms with E-state index in [0.717, 1.165) is 16.8 Å². The summed E-state index contributed by atoms with van der Waals surface area (Å²) in [6, 6.07) is 3.41. The molecule has 1 aromatic carbocycles. The number of hydrogen-bond acceptors (Lipinski definition) is 3. The highest BCUT2D eigenvalue weighted by molar-refractivity contribution is 7.09. The van der Waals surface area contributed by atoms with Gasteiger partial charge >= 0.3 is 0 Å². The van der Waals surface area contributed by atoms with Gasteiger partial charge in [-0.15, -0.1) is 11.3 Å². The average Bonchev–Trinajstić information content (AvgIpc) is 2.75. The first-order valence-corrected chi connectivity index (χ1v) is 7.66. The lowest BCUT2D eigenvalue weighted by molar-refractivity contribution is 0.475. The predicted octanol–water partition coefficient (Wildman–Crippen LogP) is 4.14. The van der Waals surface area contributed by atoms with Crippen LogP contribution in [0.5, 0.6) is 0 Å². The molecular formula is C16H20F2N2S. The number of rotatable bonds is 3. The maximum atomic E-state index is 13.3. The molecular weight excluding hydrogens is 290 g/mol. The topological polar surface area (TPSA) is 38.9 Å². The summed E-state index contributed by atoms with van der Waals surface area (Å²) in [7, 11) is 0. The first-order valence-electron chi connectivity index (χ1n) is 6.78. The maximum Gasteiger partial charge on any atom is 0.126 e. The summed E-state index contributed by atoms with van der Waals surface area (Å²) >= 11 is 1.53. The summed E-state index contributed by atoms with van der Waals surface area (Å²) in [6.07, 6.45) is 0.441. The van der Waals surface area contributed by atoms with E-state index < -0.39 is 17.2 Å². The van der Waals surface area contributed by atoms with Crippen molar-refractivity contribution in [3.05, 3.63) is 51.5 Å². The Balaban J connectivity index is 2.26. The van der Waals surface area contributed by atoms with E-state index >= 15 is 0 Å². The highest BCUT2D eigenvalue weighted by Gasteiger charge is 2.26. The van der Waals surface area contributed by atoms with Crippen molar-refractivity contribution in [2.24, 2.45) is 5.73 Å². The van der Waals surface area contributed by atoms with E-state index in [1.807, 2.05) is 5.38 Å². The standard InChI is InChI=1S/C16H20F2N2S/c1-15(2,3)13-9-21-14(20-13)8-16(4,19)10-5-11(17)7-12(18)6-10/h5-7,9H,8,19H2,1-4H3. The third-order valence-electron chi connectivity index (χ3n) is 3.36. The van der Waals surface area contributed by atoms with Crippen LogP contribution >= 0.6 is 11.3 Å². The van der Waals surface area contributed by atoms with E-state index in [1.54, 1.807) is 6.92 Å². The zero-order chi connectivity index (χ0) is 15.8. The Labute approximate surface area is 128 Å². The molecule has 2 nitrogen and oxygen atoms in total. The molecule has 0 aliphatic rings. The minimum atomic E-state index is -0.865. The third kappa shape index (κ3) is 3.86. The summed E-state index contributed by atoms with van der Waals surface area (Å²) in [6.45, 7) is 8.04. The summed E-state index contributed by atoms with van der Waals surface area (Å²) in [5.74, 6) is -1.23. The fourth-order valence-corrected chi connectivity index (χ4v) is 3.22. The number of nitrogens with zero attached hydrogens (tertiary/aromatic N) is 1. The molecule has 2 N–H and O–H groups in total. The third-order valence-corrected chi connectivity index (χ3v) is 4.21. The Morgan fingerprint density at radius 3 is 2.14 bits per heavy atom. The number of halogens is 2. The quantitative estimate of drug-likeness (QED) is 0.925. The average molecular weight is 310 g/mol. The van der Waals surface area contributed by atoms with Crippen LogP contribution in [0, 0.1) is 11.6 Å². The molecule has 0 bridgehead atoms. The van der Waals surface area contributed by atoms with Crippen molar-refractivity contribution in [2.45, 2.75) is 45.1 Å². The number of hydrogen-bond donors (Lipinski definition) is 1. The van der Waals surface area contributed by atoms with Crippen LogP contribution in [0.15, 0.2) is 23.6 Å². The molecule has 1 aromatic heterocycles. The van der Waals surface area contributed by atoms with Gasteiger partial charge in [0.15, 0.2) is 0 Å². The van der Waals surface area contributed by atoms with Crippen LogP contribution in [0.4, 0.5) is 8.78 Å². The fraction of sp³-hybridized carbons (Fsp3) is 0.438. The lowest BCUT2D eigenvalue weighted by Crippen LogP contribution is -2.35. The van der Waals surface area contributed by atoms with Gasteiger partial charge in [-0.25, -0.2) is 13.8 Å². The van der Waals surface area contributed by atoms with E-state index in [2.05, 4.69) is 25.8 Å². The van der Waals surface area contributed by atoms with Gasteiger partial charge < -0.3 is 5.73 Å². The van der Waals surface area contributed by atoms with Crippen molar-refractivity contribution in [3.63, 3.8) is 0 Å². The Morgan fingerprint density at radius 2 is 1.67 bits per heavy atom. The Hall–Kier alpha value is -1.33. The number of thiazole rings is 1. The first kappa shape index (κ1) is 16.0. The Morgan fingerprint density at radius 1 is 1.10 bits per heavy atom. The largest absolute Gasteiger partial charge is 0.321 e. The molecule has 0 aliphatic carbocycles. The minimum Gasteiger partial charge on any atom is -0.321 e. The molecule has 0 radical (unpaired) electrons. The molecule has 2 rings (SSSR count). The number of aromatic nitrogens is 1. The van der Waals surface area contributed by atoms with Gasteiger partial charge in [0.2, 0.25) is 0 Å². The summed E-state index contributed by atoms with van der Waals surface area (Å²) in [5.41, 5.74) is 6.81.